The van der Waals surface area contributed by atoms with Crippen LogP contribution >= 0.6 is 0 Å². The standard InChI is InChI=1S/C16H24N2/c1-13-8-10-18(11-9-17-13)16-7-6-14-4-2-3-5-15(14)12-16/h2-5,13,16-17H,6-12H2,1H3. The number of fused-ring (bicyclic) bond motifs is 1. The molecule has 1 fully saturated rings. The lowest BCUT2D eigenvalue weighted by atomic mass is 9.87. The van der Waals surface area contributed by atoms with Gasteiger partial charge in [0.1, 0.15) is 0 Å². The molecular formula is C16H24N2. The highest BCUT2D eigenvalue weighted by Gasteiger charge is 2.25. The first-order chi connectivity index (χ1) is 8.83. The summed E-state index contributed by atoms with van der Waals surface area (Å²) < 4.78 is 0. The molecule has 0 radical (unpaired) electrons. The fourth-order valence-electron chi connectivity index (χ4n) is 3.38. The Bertz CT molecular complexity index is 402. The molecule has 1 aromatic rings. The van der Waals surface area contributed by atoms with E-state index in [2.05, 4.69) is 41.4 Å². The van der Waals surface area contributed by atoms with Gasteiger partial charge in [0.05, 0.1) is 0 Å². The highest BCUT2D eigenvalue weighted by Crippen LogP contribution is 2.24. The van der Waals surface area contributed by atoms with Crippen LogP contribution in [0.15, 0.2) is 24.3 Å². The topological polar surface area (TPSA) is 15.3 Å². The molecule has 2 aliphatic rings. The number of benzene rings is 1. The van der Waals surface area contributed by atoms with Gasteiger partial charge in [-0.3, -0.25) is 4.90 Å². The van der Waals surface area contributed by atoms with Gasteiger partial charge in [-0.2, -0.15) is 0 Å². The fourth-order valence-corrected chi connectivity index (χ4v) is 3.38. The molecule has 0 bridgehead atoms. The minimum atomic E-state index is 0.686. The number of nitrogens with one attached hydrogen (secondary N) is 1. The van der Waals surface area contributed by atoms with Crippen molar-refractivity contribution < 1.29 is 0 Å². The van der Waals surface area contributed by atoms with Crippen molar-refractivity contribution in [3.8, 4) is 0 Å². The van der Waals surface area contributed by atoms with E-state index in [1.54, 1.807) is 11.1 Å². The van der Waals surface area contributed by atoms with Crippen molar-refractivity contribution in [2.45, 2.75) is 44.7 Å². The summed E-state index contributed by atoms with van der Waals surface area (Å²) in [7, 11) is 0. The van der Waals surface area contributed by atoms with E-state index in [1.165, 1.54) is 38.8 Å². The van der Waals surface area contributed by atoms with Crippen LogP contribution in [0, 0.1) is 0 Å². The molecule has 1 aliphatic heterocycles. The Balaban J connectivity index is 1.68. The SMILES string of the molecule is CC1CCN(C2CCc3ccccc3C2)CCN1. The molecule has 1 aromatic carbocycles. The maximum absolute atomic E-state index is 3.59. The Morgan fingerprint density at radius 2 is 1.94 bits per heavy atom. The number of rotatable bonds is 1. The van der Waals surface area contributed by atoms with Crippen molar-refractivity contribution in [1.82, 2.24) is 10.2 Å². The van der Waals surface area contributed by atoms with Gasteiger partial charge in [-0.05, 0) is 50.3 Å². The summed E-state index contributed by atoms with van der Waals surface area (Å²) in [4.78, 5) is 2.71. The summed E-state index contributed by atoms with van der Waals surface area (Å²) in [6.45, 7) is 5.94. The van der Waals surface area contributed by atoms with Gasteiger partial charge in [0.15, 0.2) is 0 Å². The zero-order valence-electron chi connectivity index (χ0n) is 11.4. The first-order valence-electron chi connectivity index (χ1n) is 7.37. The molecule has 3 rings (SSSR count). The zero-order chi connectivity index (χ0) is 12.4. The summed E-state index contributed by atoms with van der Waals surface area (Å²) >= 11 is 0. The molecule has 2 atom stereocenters. The van der Waals surface area contributed by atoms with E-state index in [0.717, 1.165) is 12.6 Å². The van der Waals surface area contributed by atoms with Crippen LogP contribution in [0.1, 0.15) is 30.9 Å². The summed E-state index contributed by atoms with van der Waals surface area (Å²) in [5.41, 5.74) is 3.16. The van der Waals surface area contributed by atoms with Crippen molar-refractivity contribution in [2.75, 3.05) is 19.6 Å². The molecule has 2 unspecified atom stereocenters. The van der Waals surface area contributed by atoms with Crippen molar-refractivity contribution in [1.29, 1.82) is 0 Å². The monoisotopic (exact) mass is 244 g/mol. The third-order valence-corrected chi connectivity index (χ3v) is 4.58. The first-order valence-corrected chi connectivity index (χ1v) is 7.37. The molecule has 2 nitrogen and oxygen atoms in total. The van der Waals surface area contributed by atoms with Gasteiger partial charge in [-0.25, -0.2) is 0 Å². The highest BCUT2D eigenvalue weighted by atomic mass is 15.2. The molecule has 0 saturated carbocycles. The fraction of sp³-hybridized carbons (Fsp3) is 0.625. The lowest BCUT2D eigenvalue weighted by molar-refractivity contribution is 0.190. The van der Waals surface area contributed by atoms with E-state index in [4.69, 9.17) is 0 Å². The highest BCUT2D eigenvalue weighted by molar-refractivity contribution is 5.30. The van der Waals surface area contributed by atoms with Crippen molar-refractivity contribution in [3.63, 3.8) is 0 Å². The van der Waals surface area contributed by atoms with Crippen molar-refractivity contribution >= 4 is 0 Å². The predicted molar refractivity (Wildman–Crippen MR) is 75.9 cm³/mol. The van der Waals surface area contributed by atoms with E-state index in [0.29, 0.717) is 6.04 Å². The number of hydrogen-bond acceptors (Lipinski definition) is 2. The summed E-state index contributed by atoms with van der Waals surface area (Å²) in [5.74, 6) is 0. The third-order valence-electron chi connectivity index (χ3n) is 4.58. The molecule has 0 aromatic heterocycles. The van der Waals surface area contributed by atoms with E-state index >= 15 is 0 Å². The van der Waals surface area contributed by atoms with Gasteiger partial charge in [0, 0.05) is 25.2 Å². The third kappa shape index (κ3) is 2.60. The quantitative estimate of drug-likeness (QED) is 0.815. The van der Waals surface area contributed by atoms with Crippen LogP contribution in [0.4, 0.5) is 0 Å². The molecule has 1 aliphatic carbocycles. The molecular weight excluding hydrogens is 220 g/mol. The largest absolute Gasteiger partial charge is 0.313 e. The molecule has 2 heteroatoms. The number of nitrogens with zero attached hydrogens (tertiary/aromatic N) is 1. The van der Waals surface area contributed by atoms with E-state index in [1.807, 2.05) is 0 Å². The second-order valence-corrected chi connectivity index (χ2v) is 5.85. The molecule has 1 saturated heterocycles. The minimum absolute atomic E-state index is 0.686. The van der Waals surface area contributed by atoms with Gasteiger partial charge in [-0.1, -0.05) is 24.3 Å². The Morgan fingerprint density at radius 1 is 1.11 bits per heavy atom. The Kier molecular flexibility index (Phi) is 3.67. The smallest absolute Gasteiger partial charge is 0.0139 e. The van der Waals surface area contributed by atoms with Gasteiger partial charge >= 0.3 is 0 Å². The first kappa shape index (κ1) is 12.2. The predicted octanol–water partition coefficient (Wildman–Crippen LogP) is 2.23. The van der Waals surface area contributed by atoms with Gasteiger partial charge < -0.3 is 5.32 Å². The summed E-state index contributed by atoms with van der Waals surface area (Å²) in [6.07, 6.45) is 5.15. The normalized spacial score (nSPS) is 29.6. The van der Waals surface area contributed by atoms with Crippen molar-refractivity contribution in [2.24, 2.45) is 0 Å². The second-order valence-electron chi connectivity index (χ2n) is 5.85. The minimum Gasteiger partial charge on any atom is -0.313 e. The van der Waals surface area contributed by atoms with Gasteiger partial charge in [0.2, 0.25) is 0 Å². The van der Waals surface area contributed by atoms with Crippen LogP contribution in [0.5, 0.6) is 0 Å². The van der Waals surface area contributed by atoms with E-state index in [9.17, 15) is 0 Å². The summed E-state index contributed by atoms with van der Waals surface area (Å²) in [5, 5.41) is 3.59. The second kappa shape index (κ2) is 5.41. The average Bonchev–Trinajstić information content (AvgIpc) is 2.63. The van der Waals surface area contributed by atoms with Crippen LogP contribution in [0.2, 0.25) is 0 Å². The molecule has 98 valence electrons. The average molecular weight is 244 g/mol. The maximum atomic E-state index is 3.59. The maximum Gasteiger partial charge on any atom is 0.0139 e. The molecule has 18 heavy (non-hydrogen) atoms. The number of aryl methyl sites for hydroxylation is 1. The lowest BCUT2D eigenvalue weighted by Gasteiger charge is -2.34. The van der Waals surface area contributed by atoms with Crippen LogP contribution < -0.4 is 5.32 Å². The Labute approximate surface area is 110 Å². The molecule has 0 spiro atoms. The van der Waals surface area contributed by atoms with Crippen LogP contribution in [-0.4, -0.2) is 36.6 Å². The lowest BCUT2D eigenvalue weighted by Crippen LogP contribution is -2.41. The van der Waals surface area contributed by atoms with E-state index in [-0.39, 0.29) is 0 Å². The number of hydrogen-bond donors (Lipinski definition) is 1. The van der Waals surface area contributed by atoms with Crippen LogP contribution in [0.3, 0.4) is 0 Å². The molecule has 0 amide bonds. The van der Waals surface area contributed by atoms with Gasteiger partial charge in [-0.15, -0.1) is 0 Å². The Morgan fingerprint density at radius 3 is 2.83 bits per heavy atom. The van der Waals surface area contributed by atoms with Crippen LogP contribution in [0.25, 0.3) is 0 Å². The Hall–Kier alpha value is -0.860. The molecule has 1 heterocycles. The molecule has 1 N–H and O–H groups in total. The van der Waals surface area contributed by atoms with Gasteiger partial charge in [0.25, 0.3) is 0 Å². The van der Waals surface area contributed by atoms with Crippen molar-refractivity contribution in [3.05, 3.63) is 35.4 Å². The van der Waals surface area contributed by atoms with E-state index < -0.39 is 0 Å². The zero-order valence-corrected chi connectivity index (χ0v) is 11.4. The summed E-state index contributed by atoms with van der Waals surface area (Å²) in [6, 6.07) is 10.4. The van der Waals surface area contributed by atoms with Crippen LogP contribution in [-0.2, 0) is 12.8 Å².